The predicted octanol–water partition coefficient (Wildman–Crippen LogP) is 2.65. The van der Waals surface area contributed by atoms with E-state index < -0.39 is 0 Å². The second kappa shape index (κ2) is 3.57. The maximum atomic E-state index is 5.03. The molecule has 0 heterocycles. The Kier molecular flexibility index (Phi) is 2.65. The number of thiocarbonyl (C=S) groups is 1. The zero-order valence-electron chi connectivity index (χ0n) is 5.34. The van der Waals surface area contributed by atoms with Crippen LogP contribution in [0.3, 0.4) is 0 Å². The third-order valence-corrected chi connectivity index (χ3v) is 1.66. The van der Waals surface area contributed by atoms with E-state index in [4.69, 9.17) is 12.2 Å². The van der Waals surface area contributed by atoms with Gasteiger partial charge in [-0.1, -0.05) is 30.4 Å². The fourth-order valence-electron chi connectivity index (χ4n) is 0.815. The Morgan fingerprint density at radius 2 is 2.22 bits per heavy atom. The minimum atomic E-state index is 1.08. The highest BCUT2D eigenvalue weighted by Gasteiger charge is 1.91. The van der Waals surface area contributed by atoms with Gasteiger partial charge in [0.05, 0.1) is 0 Å². The van der Waals surface area contributed by atoms with Gasteiger partial charge in [0.1, 0.15) is 0 Å². The molecule has 0 fully saturated rings. The average molecular weight is 138 g/mol. The zero-order chi connectivity index (χ0) is 6.53. The monoisotopic (exact) mass is 138 g/mol. The van der Waals surface area contributed by atoms with Gasteiger partial charge >= 0.3 is 0 Å². The molecule has 1 aliphatic rings. The molecule has 48 valence electrons. The highest BCUT2D eigenvalue weighted by Crippen LogP contribution is 2.03. The summed E-state index contributed by atoms with van der Waals surface area (Å²) in [5.41, 5.74) is 0. The van der Waals surface area contributed by atoms with Gasteiger partial charge in [0, 0.05) is 4.86 Å². The van der Waals surface area contributed by atoms with Crippen molar-refractivity contribution in [1.82, 2.24) is 0 Å². The lowest BCUT2D eigenvalue weighted by Gasteiger charge is -1.96. The molecular weight excluding hydrogens is 128 g/mol. The molecule has 0 spiro atoms. The molecule has 0 radical (unpaired) electrons. The van der Waals surface area contributed by atoms with Crippen LogP contribution in [0.2, 0.25) is 0 Å². The Morgan fingerprint density at radius 3 is 3.11 bits per heavy atom. The summed E-state index contributed by atoms with van der Waals surface area (Å²) in [6.07, 6.45) is 11.7. The van der Waals surface area contributed by atoms with Crippen LogP contribution in [0, 0.1) is 0 Å². The van der Waals surface area contributed by atoms with Crippen LogP contribution in [0.4, 0.5) is 0 Å². The van der Waals surface area contributed by atoms with E-state index in [9.17, 15) is 0 Å². The minimum Gasteiger partial charge on any atom is -0.0849 e. The van der Waals surface area contributed by atoms with E-state index in [2.05, 4.69) is 12.2 Å². The van der Waals surface area contributed by atoms with E-state index in [1.165, 1.54) is 12.8 Å². The molecule has 0 saturated heterocycles. The van der Waals surface area contributed by atoms with Crippen LogP contribution in [-0.4, -0.2) is 4.86 Å². The highest BCUT2D eigenvalue weighted by molar-refractivity contribution is 7.80. The van der Waals surface area contributed by atoms with Gasteiger partial charge in [-0.05, 0) is 25.3 Å². The Morgan fingerprint density at radius 1 is 1.33 bits per heavy atom. The Hall–Kier alpha value is -0.430. The first-order chi connectivity index (χ1) is 4.39. The average Bonchev–Trinajstić information content (AvgIpc) is 1.79. The maximum absolute atomic E-state index is 5.03. The maximum Gasteiger partial charge on any atom is 0.0152 e. The Labute approximate surface area is 61.3 Å². The lowest BCUT2D eigenvalue weighted by Crippen LogP contribution is -1.89. The SMILES string of the molecule is S=C1C=CC=CCCC1. The van der Waals surface area contributed by atoms with Crippen molar-refractivity contribution in [1.29, 1.82) is 0 Å². The lowest BCUT2D eigenvalue weighted by atomic mass is 10.1. The molecule has 0 saturated carbocycles. The molecule has 0 aromatic rings. The van der Waals surface area contributed by atoms with Gasteiger partial charge in [0.25, 0.3) is 0 Å². The van der Waals surface area contributed by atoms with E-state index in [1.54, 1.807) is 0 Å². The smallest absolute Gasteiger partial charge is 0.0152 e. The van der Waals surface area contributed by atoms with Gasteiger partial charge in [-0.15, -0.1) is 0 Å². The second-order valence-electron chi connectivity index (χ2n) is 2.15. The van der Waals surface area contributed by atoms with E-state index in [0.29, 0.717) is 0 Å². The molecule has 1 heteroatoms. The summed E-state index contributed by atoms with van der Waals surface area (Å²) in [5, 5.41) is 0. The normalized spacial score (nSPS) is 19.3. The summed E-state index contributed by atoms with van der Waals surface area (Å²) in [4.78, 5) is 1.08. The van der Waals surface area contributed by atoms with Crippen LogP contribution < -0.4 is 0 Å². The molecule has 0 aromatic heterocycles. The topological polar surface area (TPSA) is 0 Å². The number of hydrogen-bond donors (Lipinski definition) is 0. The molecule has 0 bridgehead atoms. The number of hydrogen-bond acceptors (Lipinski definition) is 1. The molecule has 0 aliphatic heterocycles. The van der Waals surface area contributed by atoms with Crippen LogP contribution in [0.5, 0.6) is 0 Å². The van der Waals surface area contributed by atoms with Gasteiger partial charge in [-0.3, -0.25) is 0 Å². The van der Waals surface area contributed by atoms with Crippen molar-refractivity contribution in [2.75, 3.05) is 0 Å². The molecule has 9 heavy (non-hydrogen) atoms. The quantitative estimate of drug-likeness (QED) is 0.464. The summed E-state index contributed by atoms with van der Waals surface area (Å²) in [7, 11) is 0. The van der Waals surface area contributed by atoms with Crippen LogP contribution in [0.1, 0.15) is 19.3 Å². The molecule has 1 rings (SSSR count). The molecule has 0 N–H and O–H groups in total. The van der Waals surface area contributed by atoms with E-state index in [-0.39, 0.29) is 0 Å². The van der Waals surface area contributed by atoms with Gasteiger partial charge in [0.2, 0.25) is 0 Å². The van der Waals surface area contributed by atoms with Crippen molar-refractivity contribution in [2.24, 2.45) is 0 Å². The van der Waals surface area contributed by atoms with Crippen molar-refractivity contribution in [3.63, 3.8) is 0 Å². The van der Waals surface area contributed by atoms with Crippen molar-refractivity contribution >= 4 is 17.1 Å². The molecular formula is C8H10S. The van der Waals surface area contributed by atoms with E-state index >= 15 is 0 Å². The van der Waals surface area contributed by atoms with Gasteiger partial charge in [-0.2, -0.15) is 0 Å². The molecule has 0 aromatic carbocycles. The Balaban J connectivity index is 2.54. The van der Waals surface area contributed by atoms with Gasteiger partial charge in [0.15, 0.2) is 0 Å². The van der Waals surface area contributed by atoms with Crippen molar-refractivity contribution in [3.05, 3.63) is 24.3 Å². The van der Waals surface area contributed by atoms with Gasteiger partial charge in [-0.25, -0.2) is 0 Å². The largest absolute Gasteiger partial charge is 0.0849 e. The Bertz CT molecular complexity index is 154. The molecule has 0 amide bonds. The van der Waals surface area contributed by atoms with E-state index in [1.807, 2.05) is 12.2 Å². The molecule has 0 nitrogen and oxygen atoms in total. The molecule has 0 atom stereocenters. The first-order valence-corrected chi connectivity index (χ1v) is 3.66. The zero-order valence-corrected chi connectivity index (χ0v) is 6.16. The molecule has 0 unspecified atom stereocenters. The summed E-state index contributed by atoms with van der Waals surface area (Å²) < 4.78 is 0. The summed E-state index contributed by atoms with van der Waals surface area (Å²) in [6.45, 7) is 0. The minimum absolute atomic E-state index is 1.08. The summed E-state index contributed by atoms with van der Waals surface area (Å²) in [6, 6.07) is 0. The fourth-order valence-corrected chi connectivity index (χ4v) is 1.04. The van der Waals surface area contributed by atoms with Crippen molar-refractivity contribution in [3.8, 4) is 0 Å². The third-order valence-electron chi connectivity index (χ3n) is 1.32. The highest BCUT2D eigenvalue weighted by atomic mass is 32.1. The first-order valence-electron chi connectivity index (χ1n) is 3.25. The lowest BCUT2D eigenvalue weighted by molar-refractivity contribution is 0.900. The summed E-state index contributed by atoms with van der Waals surface area (Å²) in [5.74, 6) is 0. The third kappa shape index (κ3) is 2.56. The number of allylic oxidation sites excluding steroid dienone is 4. The summed E-state index contributed by atoms with van der Waals surface area (Å²) >= 11 is 5.03. The van der Waals surface area contributed by atoms with Crippen molar-refractivity contribution < 1.29 is 0 Å². The first kappa shape index (κ1) is 6.69. The second-order valence-corrected chi connectivity index (χ2v) is 2.67. The molecule has 1 aliphatic carbocycles. The van der Waals surface area contributed by atoms with Crippen LogP contribution >= 0.6 is 12.2 Å². The van der Waals surface area contributed by atoms with Crippen LogP contribution in [0.15, 0.2) is 24.3 Å². The van der Waals surface area contributed by atoms with Gasteiger partial charge < -0.3 is 0 Å². The van der Waals surface area contributed by atoms with Crippen LogP contribution in [-0.2, 0) is 0 Å². The predicted molar refractivity (Wildman–Crippen MR) is 44.7 cm³/mol. The standard InChI is InChI=1S/C8H10S/c9-8-6-4-2-1-3-5-7-8/h1-2,4,6H,3,5,7H2. The fraction of sp³-hybridized carbons (Fsp3) is 0.375. The number of rotatable bonds is 0. The van der Waals surface area contributed by atoms with Crippen LogP contribution in [0.25, 0.3) is 0 Å². The van der Waals surface area contributed by atoms with E-state index in [0.717, 1.165) is 11.3 Å². The van der Waals surface area contributed by atoms with Crippen molar-refractivity contribution in [2.45, 2.75) is 19.3 Å².